The maximum absolute atomic E-state index is 6.13. The highest BCUT2D eigenvalue weighted by molar-refractivity contribution is 5.62. The van der Waals surface area contributed by atoms with Crippen LogP contribution in [0.3, 0.4) is 0 Å². The summed E-state index contributed by atoms with van der Waals surface area (Å²) in [7, 11) is 2.16. The highest BCUT2D eigenvalue weighted by Gasteiger charge is 2.18. The molecule has 0 atom stereocenters. The van der Waals surface area contributed by atoms with E-state index in [4.69, 9.17) is 14.1 Å². The number of hydrogen-bond donors (Lipinski definition) is 1. The maximum Gasteiger partial charge on any atom is 0.299 e. The van der Waals surface area contributed by atoms with E-state index in [0.29, 0.717) is 17.9 Å². The molecule has 0 radical (unpaired) electrons. The van der Waals surface area contributed by atoms with Gasteiger partial charge in [-0.15, -0.1) is 0 Å². The van der Waals surface area contributed by atoms with Gasteiger partial charge >= 0.3 is 0 Å². The number of pyridine rings is 1. The molecule has 0 spiro atoms. The number of oxazole rings is 1. The minimum absolute atomic E-state index is 0.335. The van der Waals surface area contributed by atoms with Crippen LogP contribution in [0, 0.1) is 6.92 Å². The van der Waals surface area contributed by atoms with Crippen LogP contribution in [0.1, 0.15) is 31.2 Å². The van der Waals surface area contributed by atoms with E-state index in [-0.39, 0.29) is 0 Å². The van der Waals surface area contributed by atoms with Crippen LogP contribution in [0.5, 0.6) is 5.75 Å². The second-order valence-corrected chi connectivity index (χ2v) is 8.86. The van der Waals surface area contributed by atoms with E-state index >= 15 is 0 Å². The molecule has 7 nitrogen and oxygen atoms in total. The van der Waals surface area contributed by atoms with E-state index in [0.717, 1.165) is 67.4 Å². The van der Waals surface area contributed by atoms with Crippen molar-refractivity contribution in [2.45, 2.75) is 38.7 Å². The van der Waals surface area contributed by atoms with Gasteiger partial charge in [0.15, 0.2) is 5.76 Å². The Balaban J connectivity index is 1.26. The predicted molar refractivity (Wildman–Crippen MR) is 127 cm³/mol. The summed E-state index contributed by atoms with van der Waals surface area (Å²) in [6.45, 7) is 6.23. The summed E-state index contributed by atoms with van der Waals surface area (Å²) in [5.41, 5.74) is 2.97. The molecule has 3 aromatic rings. The van der Waals surface area contributed by atoms with Crippen LogP contribution >= 0.6 is 0 Å². The summed E-state index contributed by atoms with van der Waals surface area (Å²) < 4.78 is 12.1. The van der Waals surface area contributed by atoms with Gasteiger partial charge in [-0.25, -0.2) is 9.97 Å². The summed E-state index contributed by atoms with van der Waals surface area (Å²) in [5, 5.41) is 3.25. The quantitative estimate of drug-likeness (QED) is 0.595. The van der Waals surface area contributed by atoms with Crippen LogP contribution in [0.25, 0.3) is 11.3 Å². The topological polar surface area (TPSA) is 66.7 Å². The van der Waals surface area contributed by atoms with Crippen molar-refractivity contribution in [2.75, 3.05) is 43.4 Å². The normalized spacial score (nSPS) is 17.6. The van der Waals surface area contributed by atoms with Gasteiger partial charge in [-0.3, -0.25) is 0 Å². The molecule has 1 saturated heterocycles. The smallest absolute Gasteiger partial charge is 0.299 e. The molecule has 2 fully saturated rings. The number of benzene rings is 1. The summed E-state index contributed by atoms with van der Waals surface area (Å²) in [6, 6.07) is 10.6. The summed E-state index contributed by atoms with van der Waals surface area (Å²) in [6.07, 6.45) is 8.72. The molecular formula is C25H31N5O2. The standard InChI is InChI=1S/C25H31N5O2/c1-18-14-20(16-26-24(18)30-12-10-29(2)11-13-30)28-25-27-17-23(32-25)19-6-5-9-22(15-19)31-21-7-3-4-8-21/h5-6,9,14-17,21H,3-4,7-8,10-13H2,1-2H3,(H,27,28). The third-order valence-electron chi connectivity index (χ3n) is 6.33. The van der Waals surface area contributed by atoms with Gasteiger partial charge in [-0.05, 0) is 63.4 Å². The predicted octanol–water partition coefficient (Wildman–Crippen LogP) is 4.86. The van der Waals surface area contributed by atoms with E-state index in [1.807, 2.05) is 30.5 Å². The SMILES string of the molecule is Cc1cc(Nc2ncc(-c3cccc(OC4CCCC4)c3)o2)cnc1N1CCN(C)CC1. The van der Waals surface area contributed by atoms with E-state index in [9.17, 15) is 0 Å². The Bertz CT molecular complexity index is 1050. The Kier molecular flexibility index (Phi) is 5.99. The first-order valence-electron chi connectivity index (χ1n) is 11.5. The zero-order valence-corrected chi connectivity index (χ0v) is 18.9. The molecule has 0 amide bonds. The number of piperazine rings is 1. The molecule has 0 unspecified atom stereocenters. The van der Waals surface area contributed by atoms with Gasteiger partial charge < -0.3 is 24.3 Å². The molecule has 1 saturated carbocycles. The molecule has 2 aromatic heterocycles. The van der Waals surface area contributed by atoms with E-state index in [2.05, 4.69) is 40.1 Å². The molecule has 2 aliphatic rings. The van der Waals surface area contributed by atoms with Gasteiger partial charge in [0, 0.05) is 31.7 Å². The van der Waals surface area contributed by atoms with Crippen LogP contribution in [-0.4, -0.2) is 54.2 Å². The van der Waals surface area contributed by atoms with Crippen LogP contribution in [0.15, 0.2) is 47.1 Å². The van der Waals surface area contributed by atoms with Gasteiger partial charge in [0.25, 0.3) is 6.01 Å². The lowest BCUT2D eigenvalue weighted by molar-refractivity contribution is 0.210. The number of nitrogens with zero attached hydrogens (tertiary/aromatic N) is 4. The number of rotatable bonds is 6. The molecule has 5 rings (SSSR count). The Labute approximate surface area is 189 Å². The summed E-state index contributed by atoms with van der Waals surface area (Å²) >= 11 is 0. The van der Waals surface area contributed by atoms with Gasteiger partial charge in [-0.1, -0.05) is 12.1 Å². The van der Waals surface area contributed by atoms with Crippen LogP contribution in [-0.2, 0) is 0 Å². The first-order valence-corrected chi connectivity index (χ1v) is 11.5. The molecule has 32 heavy (non-hydrogen) atoms. The van der Waals surface area contributed by atoms with Crippen molar-refractivity contribution < 1.29 is 9.15 Å². The second-order valence-electron chi connectivity index (χ2n) is 8.86. The van der Waals surface area contributed by atoms with Gasteiger partial charge in [0.2, 0.25) is 0 Å². The molecule has 0 bridgehead atoms. The van der Waals surface area contributed by atoms with Crippen molar-refractivity contribution in [3.63, 3.8) is 0 Å². The molecule has 1 N–H and O–H groups in total. The van der Waals surface area contributed by atoms with E-state index in [1.54, 1.807) is 6.20 Å². The van der Waals surface area contributed by atoms with Crippen LogP contribution in [0.2, 0.25) is 0 Å². The minimum atomic E-state index is 0.335. The van der Waals surface area contributed by atoms with E-state index in [1.165, 1.54) is 12.8 Å². The van der Waals surface area contributed by atoms with Crippen molar-refractivity contribution in [1.29, 1.82) is 0 Å². The lowest BCUT2D eigenvalue weighted by Crippen LogP contribution is -2.45. The average molecular weight is 434 g/mol. The summed E-state index contributed by atoms with van der Waals surface area (Å²) in [5.74, 6) is 2.65. The Morgan fingerprint density at radius 3 is 2.62 bits per heavy atom. The van der Waals surface area contributed by atoms with Crippen molar-refractivity contribution >= 4 is 17.5 Å². The fraction of sp³-hybridized carbons (Fsp3) is 0.440. The highest BCUT2D eigenvalue weighted by Crippen LogP contribution is 2.30. The highest BCUT2D eigenvalue weighted by atomic mass is 16.5. The van der Waals surface area contributed by atoms with E-state index < -0.39 is 0 Å². The third kappa shape index (κ3) is 4.72. The molecule has 7 heteroatoms. The Hall–Kier alpha value is -3.06. The average Bonchev–Trinajstić information content (AvgIpc) is 3.47. The molecule has 1 aliphatic heterocycles. The molecule has 1 aromatic carbocycles. The minimum Gasteiger partial charge on any atom is -0.490 e. The zero-order valence-electron chi connectivity index (χ0n) is 18.9. The Morgan fingerprint density at radius 1 is 1.03 bits per heavy atom. The second kappa shape index (κ2) is 9.20. The first-order chi connectivity index (χ1) is 15.6. The zero-order chi connectivity index (χ0) is 21.9. The van der Waals surface area contributed by atoms with Crippen molar-refractivity contribution in [3.05, 3.63) is 48.3 Å². The van der Waals surface area contributed by atoms with Gasteiger partial charge in [0.1, 0.15) is 11.6 Å². The molecule has 3 heterocycles. The fourth-order valence-electron chi connectivity index (χ4n) is 4.50. The first kappa shape index (κ1) is 20.8. The Morgan fingerprint density at radius 2 is 1.84 bits per heavy atom. The number of nitrogens with one attached hydrogen (secondary N) is 1. The van der Waals surface area contributed by atoms with Crippen molar-refractivity contribution in [2.24, 2.45) is 0 Å². The molecular weight excluding hydrogens is 402 g/mol. The summed E-state index contributed by atoms with van der Waals surface area (Å²) in [4.78, 5) is 13.8. The van der Waals surface area contributed by atoms with Crippen molar-refractivity contribution in [1.82, 2.24) is 14.9 Å². The number of aromatic nitrogens is 2. The molecule has 1 aliphatic carbocycles. The number of likely N-dealkylation sites (N-methyl/N-ethyl adjacent to an activating group) is 1. The number of anilines is 3. The lowest BCUT2D eigenvalue weighted by Gasteiger charge is -2.34. The maximum atomic E-state index is 6.13. The van der Waals surface area contributed by atoms with Crippen molar-refractivity contribution in [3.8, 4) is 17.1 Å². The third-order valence-corrected chi connectivity index (χ3v) is 6.33. The number of aryl methyl sites for hydroxylation is 1. The van der Waals surface area contributed by atoms with Gasteiger partial charge in [0.05, 0.1) is 24.2 Å². The number of ether oxygens (including phenoxy) is 1. The van der Waals surface area contributed by atoms with Crippen LogP contribution < -0.4 is 15.0 Å². The lowest BCUT2D eigenvalue weighted by atomic mass is 10.2. The largest absolute Gasteiger partial charge is 0.490 e. The van der Waals surface area contributed by atoms with Crippen LogP contribution in [0.4, 0.5) is 17.5 Å². The van der Waals surface area contributed by atoms with Gasteiger partial charge in [-0.2, -0.15) is 0 Å². The number of hydrogen-bond acceptors (Lipinski definition) is 7. The monoisotopic (exact) mass is 433 g/mol. The fourth-order valence-corrected chi connectivity index (χ4v) is 4.50. The molecule has 168 valence electrons.